The number of benzene rings is 2. The van der Waals surface area contributed by atoms with Gasteiger partial charge in [0.1, 0.15) is 0 Å². The molecule has 0 bridgehead atoms. The zero-order valence-electron chi connectivity index (χ0n) is 10.3. The maximum atomic E-state index is 12.1. The fourth-order valence-corrected chi connectivity index (χ4v) is 2.16. The molecule has 0 unspecified atom stereocenters. The molecule has 3 nitrogen and oxygen atoms in total. The number of hydrogen-bond acceptors (Lipinski definition) is 2. The average molecular weight is 241 g/mol. The van der Waals surface area contributed by atoms with Gasteiger partial charge in [-0.25, -0.2) is 0 Å². The summed E-state index contributed by atoms with van der Waals surface area (Å²) in [5, 5.41) is 5.24. The molecule has 1 heterocycles. The minimum absolute atomic E-state index is 0.0356. The normalized spacial score (nSPS) is 17.2. The Morgan fingerprint density at radius 2 is 1.89 bits per heavy atom. The molecule has 92 valence electrons. The van der Waals surface area contributed by atoms with Crippen LogP contribution in [0.4, 0.5) is 0 Å². The second kappa shape index (κ2) is 4.10. The quantitative estimate of drug-likeness (QED) is 0.876. The van der Waals surface area contributed by atoms with E-state index in [1.807, 2.05) is 49.4 Å². The highest BCUT2D eigenvalue weighted by molar-refractivity contribution is 5.98. The van der Waals surface area contributed by atoms with Crippen molar-refractivity contribution in [3.05, 3.63) is 48.0 Å². The van der Waals surface area contributed by atoms with Crippen molar-refractivity contribution in [2.24, 2.45) is 0 Å². The number of carbonyl (C=O) groups is 1. The molecule has 1 aliphatic heterocycles. The van der Waals surface area contributed by atoms with Gasteiger partial charge in [-0.1, -0.05) is 30.3 Å². The van der Waals surface area contributed by atoms with E-state index in [9.17, 15) is 4.79 Å². The van der Waals surface area contributed by atoms with Crippen LogP contribution in [-0.4, -0.2) is 24.7 Å². The highest BCUT2D eigenvalue weighted by Gasteiger charge is 2.34. The molecule has 1 amide bonds. The Hall–Kier alpha value is -1.87. The van der Waals surface area contributed by atoms with E-state index in [1.54, 1.807) is 0 Å². The first-order chi connectivity index (χ1) is 8.66. The van der Waals surface area contributed by atoms with Crippen molar-refractivity contribution in [1.82, 2.24) is 5.32 Å². The Bertz CT molecular complexity index is 602. The first-order valence-corrected chi connectivity index (χ1v) is 6.05. The van der Waals surface area contributed by atoms with Crippen LogP contribution in [-0.2, 0) is 4.74 Å². The Labute approximate surface area is 106 Å². The van der Waals surface area contributed by atoms with Gasteiger partial charge in [0.15, 0.2) is 0 Å². The number of nitrogens with one attached hydrogen (secondary N) is 1. The fraction of sp³-hybridized carbons (Fsp3) is 0.267. The fourth-order valence-electron chi connectivity index (χ4n) is 2.16. The average Bonchev–Trinajstić information content (AvgIpc) is 2.36. The second-order valence-corrected chi connectivity index (χ2v) is 5.07. The summed E-state index contributed by atoms with van der Waals surface area (Å²) < 4.78 is 5.13. The molecule has 3 heteroatoms. The zero-order chi connectivity index (χ0) is 12.6. The van der Waals surface area contributed by atoms with E-state index >= 15 is 0 Å². The van der Waals surface area contributed by atoms with Gasteiger partial charge in [0, 0.05) is 5.56 Å². The number of carbonyl (C=O) groups excluding carboxylic acids is 1. The van der Waals surface area contributed by atoms with Crippen LogP contribution in [0.5, 0.6) is 0 Å². The van der Waals surface area contributed by atoms with Crippen molar-refractivity contribution in [3.8, 4) is 0 Å². The van der Waals surface area contributed by atoms with Crippen molar-refractivity contribution in [1.29, 1.82) is 0 Å². The van der Waals surface area contributed by atoms with Gasteiger partial charge in [-0.05, 0) is 29.8 Å². The molecule has 3 rings (SSSR count). The molecule has 2 aromatic rings. The van der Waals surface area contributed by atoms with E-state index in [0.29, 0.717) is 18.8 Å². The van der Waals surface area contributed by atoms with Crippen molar-refractivity contribution in [2.45, 2.75) is 12.5 Å². The number of hydrogen-bond donors (Lipinski definition) is 1. The van der Waals surface area contributed by atoms with Gasteiger partial charge in [0.2, 0.25) is 0 Å². The first kappa shape index (κ1) is 11.2. The van der Waals surface area contributed by atoms with Gasteiger partial charge in [-0.3, -0.25) is 4.79 Å². The predicted molar refractivity (Wildman–Crippen MR) is 70.6 cm³/mol. The van der Waals surface area contributed by atoms with Crippen molar-refractivity contribution >= 4 is 16.7 Å². The lowest BCUT2D eigenvalue weighted by Gasteiger charge is -2.38. The molecule has 1 N–H and O–H groups in total. The topological polar surface area (TPSA) is 38.3 Å². The predicted octanol–water partition coefficient (Wildman–Crippen LogP) is 2.36. The van der Waals surface area contributed by atoms with Crippen LogP contribution in [0.25, 0.3) is 10.8 Å². The van der Waals surface area contributed by atoms with Crippen LogP contribution in [0.15, 0.2) is 42.5 Å². The van der Waals surface area contributed by atoms with E-state index in [0.717, 1.165) is 10.8 Å². The number of amides is 1. The van der Waals surface area contributed by atoms with Crippen molar-refractivity contribution in [2.75, 3.05) is 13.2 Å². The van der Waals surface area contributed by atoms with E-state index in [2.05, 4.69) is 5.32 Å². The molecule has 1 aliphatic rings. The largest absolute Gasteiger partial charge is 0.376 e. The summed E-state index contributed by atoms with van der Waals surface area (Å²) in [6.07, 6.45) is 0. The van der Waals surface area contributed by atoms with E-state index in [-0.39, 0.29) is 11.4 Å². The Kier molecular flexibility index (Phi) is 2.56. The van der Waals surface area contributed by atoms with Gasteiger partial charge >= 0.3 is 0 Å². The third-order valence-corrected chi connectivity index (χ3v) is 3.27. The first-order valence-electron chi connectivity index (χ1n) is 6.05. The molecule has 18 heavy (non-hydrogen) atoms. The lowest BCUT2D eigenvalue weighted by Crippen LogP contribution is -2.59. The Balaban J connectivity index is 1.87. The molecule has 0 spiro atoms. The molecule has 0 atom stereocenters. The highest BCUT2D eigenvalue weighted by atomic mass is 16.5. The van der Waals surface area contributed by atoms with Crippen LogP contribution in [0.1, 0.15) is 17.3 Å². The lowest BCUT2D eigenvalue weighted by molar-refractivity contribution is -0.0593. The molecular formula is C15H15NO2. The molecule has 0 saturated carbocycles. The molecule has 0 aromatic heterocycles. The number of fused-ring (bicyclic) bond motifs is 1. The minimum Gasteiger partial charge on any atom is -0.376 e. The third kappa shape index (κ3) is 1.97. The van der Waals surface area contributed by atoms with Gasteiger partial charge in [-0.2, -0.15) is 0 Å². The van der Waals surface area contributed by atoms with Crippen LogP contribution < -0.4 is 5.32 Å². The van der Waals surface area contributed by atoms with Gasteiger partial charge in [0.25, 0.3) is 5.91 Å². The van der Waals surface area contributed by atoms with Crippen molar-refractivity contribution in [3.63, 3.8) is 0 Å². The highest BCUT2D eigenvalue weighted by Crippen LogP contribution is 2.19. The number of rotatable bonds is 2. The summed E-state index contributed by atoms with van der Waals surface area (Å²) in [6, 6.07) is 13.8. The summed E-state index contributed by atoms with van der Waals surface area (Å²) in [5.41, 5.74) is 0.491. The van der Waals surface area contributed by atoms with Crippen molar-refractivity contribution < 1.29 is 9.53 Å². The smallest absolute Gasteiger partial charge is 0.251 e. The molecule has 0 radical (unpaired) electrons. The summed E-state index contributed by atoms with van der Waals surface area (Å²) in [5.74, 6) is -0.0356. The van der Waals surface area contributed by atoms with E-state index in [1.165, 1.54) is 0 Å². The molecular weight excluding hydrogens is 226 g/mol. The van der Waals surface area contributed by atoms with Gasteiger partial charge in [0.05, 0.1) is 18.8 Å². The minimum atomic E-state index is -0.206. The summed E-state index contributed by atoms with van der Waals surface area (Å²) >= 11 is 0. The van der Waals surface area contributed by atoms with E-state index < -0.39 is 0 Å². The summed E-state index contributed by atoms with van der Waals surface area (Å²) in [6.45, 7) is 3.17. The maximum Gasteiger partial charge on any atom is 0.251 e. The standard InChI is InChI=1S/C15H15NO2/c1-15(9-18-10-15)16-14(17)13-7-6-11-4-2-3-5-12(11)8-13/h2-8H,9-10H2,1H3,(H,16,17). The molecule has 1 fully saturated rings. The third-order valence-electron chi connectivity index (χ3n) is 3.27. The van der Waals surface area contributed by atoms with Crippen LogP contribution >= 0.6 is 0 Å². The van der Waals surface area contributed by atoms with Gasteiger partial charge < -0.3 is 10.1 Å². The Morgan fingerprint density at radius 3 is 2.56 bits per heavy atom. The van der Waals surface area contributed by atoms with Crippen LogP contribution in [0.2, 0.25) is 0 Å². The monoisotopic (exact) mass is 241 g/mol. The maximum absolute atomic E-state index is 12.1. The van der Waals surface area contributed by atoms with E-state index in [4.69, 9.17) is 4.74 Å². The van der Waals surface area contributed by atoms with Gasteiger partial charge in [-0.15, -0.1) is 0 Å². The second-order valence-electron chi connectivity index (χ2n) is 5.07. The molecule has 2 aromatic carbocycles. The molecule has 1 saturated heterocycles. The number of ether oxygens (including phenoxy) is 1. The zero-order valence-corrected chi connectivity index (χ0v) is 10.3. The van der Waals surface area contributed by atoms with Crippen LogP contribution in [0.3, 0.4) is 0 Å². The van der Waals surface area contributed by atoms with Crippen LogP contribution in [0, 0.1) is 0 Å². The summed E-state index contributed by atoms with van der Waals surface area (Å²) in [7, 11) is 0. The summed E-state index contributed by atoms with van der Waals surface area (Å²) in [4.78, 5) is 12.1. The SMILES string of the molecule is CC1(NC(=O)c2ccc3ccccc3c2)COC1. The Morgan fingerprint density at radius 1 is 1.17 bits per heavy atom. The molecule has 0 aliphatic carbocycles. The lowest BCUT2D eigenvalue weighted by atomic mass is 9.99.